The van der Waals surface area contributed by atoms with E-state index in [0.717, 1.165) is 35.2 Å². The van der Waals surface area contributed by atoms with E-state index in [-0.39, 0.29) is 12.5 Å². The highest BCUT2D eigenvalue weighted by atomic mass is 16.5. The second kappa shape index (κ2) is 7.64. The van der Waals surface area contributed by atoms with Crippen molar-refractivity contribution >= 4 is 16.8 Å². The molecule has 5 heteroatoms. The number of unbranched alkanes of at least 4 members (excludes halogenated alkanes) is 1. The summed E-state index contributed by atoms with van der Waals surface area (Å²) in [5.41, 5.74) is 1.67. The van der Waals surface area contributed by atoms with Gasteiger partial charge in [-0.1, -0.05) is 13.3 Å². The Morgan fingerprint density at radius 2 is 2.14 bits per heavy atom. The van der Waals surface area contributed by atoms with E-state index in [1.165, 1.54) is 0 Å². The molecule has 0 bridgehead atoms. The van der Waals surface area contributed by atoms with Crippen LogP contribution in [0.1, 0.15) is 25.5 Å². The average Bonchev–Trinajstić information content (AvgIpc) is 2.52. The van der Waals surface area contributed by atoms with E-state index in [4.69, 9.17) is 9.47 Å². The third kappa shape index (κ3) is 4.10. The first-order chi connectivity index (χ1) is 10.6. The summed E-state index contributed by atoms with van der Waals surface area (Å²) in [7, 11) is 1.62. The third-order valence-corrected chi connectivity index (χ3v) is 3.32. The van der Waals surface area contributed by atoms with Crippen LogP contribution in [0.4, 0.5) is 0 Å². The summed E-state index contributed by atoms with van der Waals surface area (Å²) in [5, 5.41) is 3.67. The summed E-state index contributed by atoms with van der Waals surface area (Å²) in [5.74, 6) is 1.27. The minimum atomic E-state index is -0.112. The quantitative estimate of drug-likeness (QED) is 0.799. The Bertz CT molecular complexity index is 656. The molecule has 1 heterocycles. The van der Waals surface area contributed by atoms with Crippen molar-refractivity contribution in [3.63, 3.8) is 0 Å². The van der Waals surface area contributed by atoms with E-state index in [9.17, 15) is 4.79 Å². The second-order valence-electron chi connectivity index (χ2n) is 5.14. The van der Waals surface area contributed by atoms with Gasteiger partial charge in [-0.2, -0.15) is 0 Å². The molecule has 0 atom stereocenters. The van der Waals surface area contributed by atoms with Crippen LogP contribution in [0.5, 0.6) is 11.5 Å². The Kier molecular flexibility index (Phi) is 5.58. The highest BCUT2D eigenvalue weighted by Crippen LogP contribution is 2.28. The van der Waals surface area contributed by atoms with Crippen molar-refractivity contribution < 1.29 is 14.3 Å². The van der Waals surface area contributed by atoms with Gasteiger partial charge in [0.15, 0.2) is 6.61 Å². The van der Waals surface area contributed by atoms with Gasteiger partial charge in [-0.15, -0.1) is 0 Å². The van der Waals surface area contributed by atoms with Gasteiger partial charge in [0.25, 0.3) is 5.91 Å². The molecule has 0 unspecified atom stereocenters. The van der Waals surface area contributed by atoms with Crippen molar-refractivity contribution in [2.45, 2.75) is 26.7 Å². The number of hydrogen-bond acceptors (Lipinski definition) is 4. The molecular formula is C17H22N2O3. The summed E-state index contributed by atoms with van der Waals surface area (Å²) >= 11 is 0. The molecule has 1 amide bonds. The molecule has 1 aromatic heterocycles. The summed E-state index contributed by atoms with van der Waals surface area (Å²) in [6.45, 7) is 4.67. The number of aromatic nitrogens is 1. The van der Waals surface area contributed by atoms with E-state index in [0.29, 0.717) is 12.3 Å². The number of hydrogen-bond donors (Lipinski definition) is 1. The first kappa shape index (κ1) is 16.1. The fourth-order valence-electron chi connectivity index (χ4n) is 2.15. The Balaban J connectivity index is 2.14. The van der Waals surface area contributed by atoms with Crippen molar-refractivity contribution in [2.24, 2.45) is 0 Å². The topological polar surface area (TPSA) is 60.5 Å². The van der Waals surface area contributed by atoms with Crippen molar-refractivity contribution in [1.29, 1.82) is 0 Å². The molecule has 0 spiro atoms. The Hall–Kier alpha value is -2.30. The van der Waals surface area contributed by atoms with Crippen molar-refractivity contribution in [3.05, 3.63) is 30.0 Å². The molecule has 22 heavy (non-hydrogen) atoms. The number of aryl methyl sites for hydroxylation is 1. The Morgan fingerprint density at radius 1 is 1.32 bits per heavy atom. The molecule has 0 aliphatic rings. The molecule has 1 N–H and O–H groups in total. The number of methoxy groups -OCH3 is 1. The van der Waals surface area contributed by atoms with E-state index in [1.54, 1.807) is 7.11 Å². The zero-order valence-corrected chi connectivity index (χ0v) is 13.3. The number of ether oxygens (including phenoxy) is 2. The number of fused-ring (bicyclic) bond motifs is 1. The lowest BCUT2D eigenvalue weighted by atomic mass is 10.1. The van der Waals surface area contributed by atoms with Gasteiger partial charge in [0.05, 0.1) is 12.6 Å². The van der Waals surface area contributed by atoms with Gasteiger partial charge in [-0.3, -0.25) is 9.78 Å². The fourth-order valence-corrected chi connectivity index (χ4v) is 2.15. The minimum absolute atomic E-state index is 0.000518. The zero-order chi connectivity index (χ0) is 15.9. The van der Waals surface area contributed by atoms with E-state index >= 15 is 0 Å². The number of amides is 1. The van der Waals surface area contributed by atoms with Gasteiger partial charge < -0.3 is 14.8 Å². The molecule has 0 radical (unpaired) electrons. The maximum Gasteiger partial charge on any atom is 0.257 e. The normalized spacial score (nSPS) is 10.5. The van der Waals surface area contributed by atoms with Gasteiger partial charge in [0.2, 0.25) is 0 Å². The van der Waals surface area contributed by atoms with Gasteiger partial charge >= 0.3 is 0 Å². The predicted octanol–water partition coefficient (Wildman–Crippen LogP) is 2.85. The van der Waals surface area contributed by atoms with Crippen LogP contribution < -0.4 is 14.8 Å². The SMILES string of the molecule is CCCCNC(=O)COc1cc(C)nc2ccc(OC)cc12. The highest BCUT2D eigenvalue weighted by Gasteiger charge is 2.09. The van der Waals surface area contributed by atoms with Crippen LogP contribution in [0.2, 0.25) is 0 Å². The molecule has 0 saturated carbocycles. The molecule has 2 aromatic rings. The molecule has 0 aliphatic carbocycles. The fraction of sp³-hybridized carbons (Fsp3) is 0.412. The number of nitrogens with one attached hydrogen (secondary N) is 1. The lowest BCUT2D eigenvalue weighted by Crippen LogP contribution is -2.29. The smallest absolute Gasteiger partial charge is 0.257 e. The molecule has 118 valence electrons. The summed E-state index contributed by atoms with van der Waals surface area (Å²) in [6, 6.07) is 7.44. The molecule has 0 fully saturated rings. The highest BCUT2D eigenvalue weighted by molar-refractivity contribution is 5.87. The zero-order valence-electron chi connectivity index (χ0n) is 13.3. The van der Waals surface area contributed by atoms with Crippen LogP contribution in [0.25, 0.3) is 10.9 Å². The first-order valence-electron chi connectivity index (χ1n) is 7.49. The number of carbonyl (C=O) groups is 1. The maximum absolute atomic E-state index is 11.8. The van der Waals surface area contributed by atoms with Crippen LogP contribution >= 0.6 is 0 Å². The van der Waals surface area contributed by atoms with E-state index in [1.807, 2.05) is 31.2 Å². The Morgan fingerprint density at radius 3 is 2.86 bits per heavy atom. The van der Waals surface area contributed by atoms with Crippen molar-refractivity contribution in [2.75, 3.05) is 20.3 Å². The van der Waals surface area contributed by atoms with Gasteiger partial charge in [0.1, 0.15) is 11.5 Å². The average molecular weight is 302 g/mol. The molecule has 2 rings (SSSR count). The number of nitrogens with zero attached hydrogens (tertiary/aromatic N) is 1. The van der Waals surface area contributed by atoms with Gasteiger partial charge in [-0.25, -0.2) is 0 Å². The summed E-state index contributed by atoms with van der Waals surface area (Å²) in [6.07, 6.45) is 2.02. The van der Waals surface area contributed by atoms with Crippen LogP contribution in [-0.4, -0.2) is 31.2 Å². The van der Waals surface area contributed by atoms with Crippen LogP contribution in [0.15, 0.2) is 24.3 Å². The molecule has 5 nitrogen and oxygen atoms in total. The Labute approximate surface area is 130 Å². The summed E-state index contributed by atoms with van der Waals surface area (Å²) < 4.78 is 10.9. The number of benzene rings is 1. The monoisotopic (exact) mass is 302 g/mol. The lowest BCUT2D eigenvalue weighted by molar-refractivity contribution is -0.123. The largest absolute Gasteiger partial charge is 0.497 e. The molecular weight excluding hydrogens is 280 g/mol. The summed E-state index contributed by atoms with van der Waals surface area (Å²) in [4.78, 5) is 16.2. The molecule has 0 aliphatic heterocycles. The number of rotatable bonds is 7. The van der Waals surface area contributed by atoms with Crippen LogP contribution in [-0.2, 0) is 4.79 Å². The van der Waals surface area contributed by atoms with Crippen LogP contribution in [0, 0.1) is 6.92 Å². The van der Waals surface area contributed by atoms with Crippen molar-refractivity contribution in [1.82, 2.24) is 10.3 Å². The van der Waals surface area contributed by atoms with Gasteiger partial charge in [0, 0.05) is 23.7 Å². The predicted molar refractivity (Wildman–Crippen MR) is 86.4 cm³/mol. The van der Waals surface area contributed by atoms with E-state index < -0.39 is 0 Å². The number of pyridine rings is 1. The third-order valence-electron chi connectivity index (χ3n) is 3.32. The maximum atomic E-state index is 11.8. The molecule has 1 aromatic carbocycles. The van der Waals surface area contributed by atoms with Crippen molar-refractivity contribution in [3.8, 4) is 11.5 Å². The standard InChI is InChI=1S/C17H22N2O3/c1-4-5-8-18-17(20)11-22-16-9-12(2)19-15-7-6-13(21-3)10-14(15)16/h6-7,9-10H,4-5,8,11H2,1-3H3,(H,18,20). The van der Waals surface area contributed by atoms with Gasteiger partial charge in [-0.05, 0) is 31.5 Å². The first-order valence-corrected chi connectivity index (χ1v) is 7.49. The lowest BCUT2D eigenvalue weighted by Gasteiger charge is -2.11. The number of carbonyl (C=O) groups excluding carboxylic acids is 1. The van der Waals surface area contributed by atoms with E-state index in [2.05, 4.69) is 17.2 Å². The molecule has 0 saturated heterocycles. The second-order valence-corrected chi connectivity index (χ2v) is 5.14. The van der Waals surface area contributed by atoms with Crippen LogP contribution in [0.3, 0.4) is 0 Å². The minimum Gasteiger partial charge on any atom is -0.497 e.